The van der Waals surface area contributed by atoms with Gasteiger partial charge in [0, 0.05) is 32.0 Å². The van der Waals surface area contributed by atoms with E-state index in [0.29, 0.717) is 0 Å². The van der Waals surface area contributed by atoms with Crippen molar-refractivity contribution in [1.29, 1.82) is 0 Å². The van der Waals surface area contributed by atoms with Gasteiger partial charge in [-0.2, -0.15) is 0 Å². The van der Waals surface area contributed by atoms with E-state index in [1.807, 2.05) is 18.6 Å². The number of hydrogen-bond donors (Lipinski definition) is 1. The molecule has 20 heavy (non-hydrogen) atoms. The van der Waals surface area contributed by atoms with E-state index in [1.54, 1.807) is 0 Å². The third-order valence-corrected chi connectivity index (χ3v) is 3.77. The number of rotatable bonds is 7. The molecule has 108 valence electrons. The number of fused-ring (bicyclic) bond motifs is 1. The summed E-state index contributed by atoms with van der Waals surface area (Å²) in [5.74, 6) is 2.78. The molecule has 2 aromatic rings. The van der Waals surface area contributed by atoms with Gasteiger partial charge < -0.3 is 14.6 Å². The zero-order valence-electron chi connectivity index (χ0n) is 12.3. The lowest BCUT2D eigenvalue weighted by Gasteiger charge is -2.23. The van der Waals surface area contributed by atoms with Crippen molar-refractivity contribution in [2.24, 2.45) is 5.92 Å². The Morgan fingerprint density at radius 3 is 2.95 bits per heavy atom. The van der Waals surface area contributed by atoms with E-state index >= 15 is 0 Å². The highest BCUT2D eigenvalue weighted by Gasteiger charge is 2.25. The number of hydrogen-bond acceptors (Lipinski definition) is 4. The molecule has 0 saturated heterocycles. The molecule has 2 heterocycles. The lowest BCUT2D eigenvalue weighted by Crippen LogP contribution is -2.27. The maximum atomic E-state index is 4.79. The van der Waals surface area contributed by atoms with Gasteiger partial charge in [0.2, 0.25) is 0 Å². The van der Waals surface area contributed by atoms with Crippen LogP contribution in [0.1, 0.15) is 33.1 Å². The summed E-state index contributed by atoms with van der Waals surface area (Å²) in [6, 6.07) is 0. The number of nitrogens with zero attached hydrogens (tertiary/aromatic N) is 4. The topological polar surface area (TPSA) is 45.5 Å². The van der Waals surface area contributed by atoms with E-state index in [4.69, 9.17) is 4.98 Å². The molecule has 1 fully saturated rings. The Bertz CT molecular complexity index is 573. The molecule has 1 N–H and O–H groups in total. The van der Waals surface area contributed by atoms with Crippen molar-refractivity contribution < 1.29 is 0 Å². The summed E-state index contributed by atoms with van der Waals surface area (Å²) >= 11 is 0. The van der Waals surface area contributed by atoms with Gasteiger partial charge in [-0.25, -0.2) is 9.97 Å². The maximum Gasteiger partial charge on any atom is 0.180 e. The van der Waals surface area contributed by atoms with E-state index in [-0.39, 0.29) is 0 Å². The predicted octanol–water partition coefficient (Wildman–Crippen LogP) is 2.79. The van der Waals surface area contributed by atoms with Crippen LogP contribution in [0.15, 0.2) is 18.6 Å². The minimum atomic E-state index is 0.846. The minimum absolute atomic E-state index is 0.846. The first kappa shape index (κ1) is 13.2. The van der Waals surface area contributed by atoms with Crippen molar-refractivity contribution in [3.8, 4) is 0 Å². The van der Waals surface area contributed by atoms with Gasteiger partial charge in [0.05, 0.1) is 6.20 Å². The largest absolute Gasteiger partial charge is 0.369 e. The van der Waals surface area contributed by atoms with Crippen LogP contribution < -0.4 is 10.2 Å². The minimum Gasteiger partial charge on any atom is -0.369 e. The van der Waals surface area contributed by atoms with Gasteiger partial charge in [-0.05, 0) is 32.1 Å². The zero-order chi connectivity index (χ0) is 13.9. The second-order valence-corrected chi connectivity index (χ2v) is 5.52. The summed E-state index contributed by atoms with van der Waals surface area (Å²) in [6.07, 6.45) is 9.66. The first-order valence-corrected chi connectivity index (χ1v) is 7.64. The van der Waals surface area contributed by atoms with Gasteiger partial charge in [0.25, 0.3) is 0 Å². The molecule has 0 aromatic carbocycles. The number of imidazole rings is 1. The molecule has 5 nitrogen and oxygen atoms in total. The van der Waals surface area contributed by atoms with E-state index in [9.17, 15) is 0 Å². The molecule has 2 aromatic heterocycles. The van der Waals surface area contributed by atoms with Gasteiger partial charge >= 0.3 is 0 Å². The first-order valence-electron chi connectivity index (χ1n) is 7.64. The third-order valence-electron chi connectivity index (χ3n) is 3.77. The van der Waals surface area contributed by atoms with Crippen LogP contribution in [0.4, 0.5) is 11.6 Å². The Hall–Kier alpha value is -1.78. The summed E-state index contributed by atoms with van der Waals surface area (Å²) in [4.78, 5) is 11.6. The van der Waals surface area contributed by atoms with Crippen LogP contribution >= 0.6 is 0 Å². The standard InChI is InChI=1S/C15H23N5/c1-3-7-16-13-11-20-9-8-17-14(20)15(18-13)19(4-2)10-12-5-6-12/h8-9,11-12,16H,3-7,10H2,1-2H3. The predicted molar refractivity (Wildman–Crippen MR) is 82.4 cm³/mol. The van der Waals surface area contributed by atoms with Crippen LogP contribution in [0.5, 0.6) is 0 Å². The number of nitrogens with one attached hydrogen (secondary N) is 1. The third kappa shape index (κ3) is 2.71. The Morgan fingerprint density at radius 1 is 1.40 bits per heavy atom. The molecule has 0 atom stereocenters. The number of anilines is 2. The Labute approximate surface area is 120 Å². The zero-order valence-corrected chi connectivity index (χ0v) is 12.3. The second kappa shape index (κ2) is 5.69. The van der Waals surface area contributed by atoms with Crippen LogP contribution in [0.25, 0.3) is 5.65 Å². The fourth-order valence-corrected chi connectivity index (χ4v) is 2.44. The van der Waals surface area contributed by atoms with E-state index in [1.165, 1.54) is 12.8 Å². The summed E-state index contributed by atoms with van der Waals surface area (Å²) in [6.45, 7) is 7.37. The van der Waals surface area contributed by atoms with Crippen LogP contribution in [0.2, 0.25) is 0 Å². The van der Waals surface area contributed by atoms with Crippen LogP contribution in [0, 0.1) is 5.92 Å². The lowest BCUT2D eigenvalue weighted by molar-refractivity contribution is 0.731. The molecule has 3 rings (SSSR count). The first-order chi connectivity index (χ1) is 9.81. The average Bonchev–Trinajstić information content (AvgIpc) is 3.16. The fourth-order valence-electron chi connectivity index (χ4n) is 2.44. The highest BCUT2D eigenvalue weighted by atomic mass is 15.2. The van der Waals surface area contributed by atoms with Gasteiger partial charge in [-0.3, -0.25) is 0 Å². The monoisotopic (exact) mass is 273 g/mol. The SMILES string of the molecule is CCCNc1cn2ccnc2c(N(CC)CC2CC2)n1. The van der Waals surface area contributed by atoms with E-state index in [2.05, 4.69) is 33.4 Å². The van der Waals surface area contributed by atoms with Gasteiger partial charge in [0.1, 0.15) is 5.82 Å². The van der Waals surface area contributed by atoms with Crippen LogP contribution in [-0.4, -0.2) is 34.0 Å². The summed E-state index contributed by atoms with van der Waals surface area (Å²) in [7, 11) is 0. The van der Waals surface area contributed by atoms with Crippen molar-refractivity contribution in [3.63, 3.8) is 0 Å². The average molecular weight is 273 g/mol. The van der Waals surface area contributed by atoms with Crippen molar-refractivity contribution in [1.82, 2.24) is 14.4 Å². The molecule has 0 spiro atoms. The summed E-state index contributed by atoms with van der Waals surface area (Å²) in [5.41, 5.74) is 0.953. The van der Waals surface area contributed by atoms with E-state index in [0.717, 1.165) is 49.3 Å². The highest BCUT2D eigenvalue weighted by molar-refractivity contribution is 5.66. The Morgan fingerprint density at radius 2 is 2.25 bits per heavy atom. The van der Waals surface area contributed by atoms with Crippen molar-refractivity contribution >= 4 is 17.3 Å². The molecule has 0 radical (unpaired) electrons. The molecular formula is C15H23N5. The Balaban J connectivity index is 1.94. The molecule has 0 unspecified atom stereocenters. The van der Waals surface area contributed by atoms with E-state index < -0.39 is 0 Å². The second-order valence-electron chi connectivity index (χ2n) is 5.52. The molecular weight excluding hydrogens is 250 g/mol. The number of aromatic nitrogens is 3. The summed E-state index contributed by atoms with van der Waals surface area (Å²) in [5, 5.41) is 3.38. The van der Waals surface area contributed by atoms with Crippen LogP contribution in [-0.2, 0) is 0 Å². The fraction of sp³-hybridized carbons (Fsp3) is 0.600. The molecule has 0 amide bonds. The smallest absolute Gasteiger partial charge is 0.180 e. The molecule has 0 aliphatic heterocycles. The normalized spacial score (nSPS) is 14.7. The van der Waals surface area contributed by atoms with Crippen molar-refractivity contribution in [2.45, 2.75) is 33.1 Å². The van der Waals surface area contributed by atoms with Gasteiger partial charge in [0.15, 0.2) is 11.5 Å². The molecule has 1 aliphatic carbocycles. The van der Waals surface area contributed by atoms with Gasteiger partial charge in [-0.1, -0.05) is 6.92 Å². The quantitative estimate of drug-likeness (QED) is 0.842. The lowest BCUT2D eigenvalue weighted by atomic mass is 10.3. The maximum absolute atomic E-state index is 4.79. The Kier molecular flexibility index (Phi) is 3.76. The molecule has 1 aliphatic rings. The van der Waals surface area contributed by atoms with Crippen molar-refractivity contribution in [3.05, 3.63) is 18.6 Å². The van der Waals surface area contributed by atoms with Gasteiger partial charge in [-0.15, -0.1) is 0 Å². The van der Waals surface area contributed by atoms with Crippen LogP contribution in [0.3, 0.4) is 0 Å². The molecule has 1 saturated carbocycles. The molecule has 5 heteroatoms. The highest BCUT2D eigenvalue weighted by Crippen LogP contribution is 2.32. The summed E-state index contributed by atoms with van der Waals surface area (Å²) < 4.78 is 2.07. The molecule has 0 bridgehead atoms. The van der Waals surface area contributed by atoms with Crippen molar-refractivity contribution in [2.75, 3.05) is 29.9 Å².